The normalized spacial score (nSPS) is 10.6. The van der Waals surface area contributed by atoms with E-state index in [0.29, 0.717) is 33.0 Å². The van der Waals surface area contributed by atoms with E-state index >= 15 is 0 Å². The number of ether oxygens (including phenoxy) is 1. The summed E-state index contributed by atoms with van der Waals surface area (Å²) >= 11 is 9.41. The van der Waals surface area contributed by atoms with Crippen LogP contribution in [0.4, 0.5) is 11.4 Å². The molecule has 4 aromatic rings. The van der Waals surface area contributed by atoms with Crippen LogP contribution in [0.25, 0.3) is 10.9 Å². The van der Waals surface area contributed by atoms with Crippen molar-refractivity contribution in [3.05, 3.63) is 88.0 Å². The number of methoxy groups -OCH3 is 1. The topological polar surface area (TPSA) is 101 Å². The van der Waals surface area contributed by atoms with Gasteiger partial charge in [-0.25, -0.2) is 4.68 Å². The van der Waals surface area contributed by atoms with Gasteiger partial charge in [0.2, 0.25) is 0 Å². The molecule has 0 unspecified atom stereocenters. The lowest BCUT2D eigenvalue weighted by Crippen LogP contribution is -2.36. The van der Waals surface area contributed by atoms with Crippen molar-refractivity contribution in [3.8, 4) is 5.75 Å². The Hall–Kier alpha value is -3.82. The third kappa shape index (κ3) is 5.05. The fourth-order valence-corrected chi connectivity index (χ4v) is 3.88. The van der Waals surface area contributed by atoms with E-state index in [1.54, 1.807) is 72.8 Å². The summed E-state index contributed by atoms with van der Waals surface area (Å²) in [6.07, 6.45) is 0. The highest BCUT2D eigenvalue weighted by atomic mass is 79.9. The summed E-state index contributed by atoms with van der Waals surface area (Å²) in [6, 6.07) is 20.3. The van der Waals surface area contributed by atoms with Crippen molar-refractivity contribution < 1.29 is 19.1 Å². The molecule has 0 aliphatic carbocycles. The third-order valence-electron chi connectivity index (χ3n) is 4.85. The Morgan fingerprint density at radius 1 is 0.912 bits per heavy atom. The molecule has 0 aliphatic heterocycles. The average Bonchev–Trinajstić information content (AvgIpc) is 3.16. The number of benzene rings is 3. The molecule has 8 nitrogen and oxygen atoms in total. The Balaban J connectivity index is 1.63. The molecule has 0 atom stereocenters. The molecule has 172 valence electrons. The highest BCUT2D eigenvalue weighted by Crippen LogP contribution is 2.25. The smallest absolute Gasteiger partial charge is 0.328 e. The SMILES string of the molecule is COc1ccccc1NC(=O)C(=O)Nn1c(C(=O)Nc2cccc(Cl)c2)cc2cc(Br)ccc21. The highest BCUT2D eigenvalue weighted by Gasteiger charge is 2.22. The molecule has 3 N–H and O–H groups in total. The van der Waals surface area contributed by atoms with Crippen molar-refractivity contribution in [2.45, 2.75) is 0 Å². The van der Waals surface area contributed by atoms with E-state index in [0.717, 1.165) is 4.47 Å². The molecule has 0 saturated carbocycles. The second-order valence-electron chi connectivity index (χ2n) is 7.13. The van der Waals surface area contributed by atoms with Crippen molar-refractivity contribution >= 4 is 67.5 Å². The van der Waals surface area contributed by atoms with Crippen LogP contribution in [0.2, 0.25) is 5.02 Å². The minimum atomic E-state index is -0.969. The van der Waals surface area contributed by atoms with Crippen LogP contribution >= 0.6 is 27.5 Å². The summed E-state index contributed by atoms with van der Waals surface area (Å²) in [5.41, 5.74) is 3.97. The maximum absolute atomic E-state index is 13.1. The van der Waals surface area contributed by atoms with Gasteiger partial charge in [0.25, 0.3) is 5.91 Å². The van der Waals surface area contributed by atoms with Gasteiger partial charge in [0.1, 0.15) is 11.4 Å². The molecule has 0 radical (unpaired) electrons. The zero-order valence-corrected chi connectivity index (χ0v) is 20.1. The van der Waals surface area contributed by atoms with Gasteiger partial charge in [-0.1, -0.05) is 45.7 Å². The van der Waals surface area contributed by atoms with Crippen LogP contribution in [0.3, 0.4) is 0 Å². The Labute approximate surface area is 207 Å². The van der Waals surface area contributed by atoms with Gasteiger partial charge in [0, 0.05) is 20.6 Å². The lowest BCUT2D eigenvalue weighted by Gasteiger charge is -2.13. The second-order valence-corrected chi connectivity index (χ2v) is 8.48. The molecule has 34 heavy (non-hydrogen) atoms. The van der Waals surface area contributed by atoms with E-state index < -0.39 is 17.7 Å². The van der Waals surface area contributed by atoms with Crippen molar-refractivity contribution in [1.82, 2.24) is 4.68 Å². The standard InChI is InChI=1S/C24H18BrClN4O4/c1-34-21-8-3-2-7-18(21)28-23(32)24(33)29-30-19-10-9-15(25)11-14(19)12-20(30)22(31)27-17-6-4-5-16(26)13-17/h2-13H,1H3,(H,27,31)(H,28,32)(H,29,33). The number of carbonyl (C=O) groups excluding carboxylic acids is 3. The van der Waals surface area contributed by atoms with Gasteiger partial charge in [0.15, 0.2) is 0 Å². The molecule has 0 saturated heterocycles. The quantitative estimate of drug-likeness (QED) is 0.309. The fourth-order valence-electron chi connectivity index (χ4n) is 3.31. The zero-order chi connectivity index (χ0) is 24.2. The largest absolute Gasteiger partial charge is 0.495 e. The maximum Gasteiger partial charge on any atom is 0.328 e. The van der Waals surface area contributed by atoms with Crippen molar-refractivity contribution in [1.29, 1.82) is 0 Å². The first-order valence-electron chi connectivity index (χ1n) is 9.99. The number of halogens is 2. The highest BCUT2D eigenvalue weighted by molar-refractivity contribution is 9.10. The van der Waals surface area contributed by atoms with Crippen LogP contribution in [0.1, 0.15) is 10.5 Å². The molecule has 0 fully saturated rings. The molecule has 0 spiro atoms. The Kier molecular flexibility index (Phi) is 6.85. The van der Waals surface area contributed by atoms with E-state index in [1.807, 2.05) is 0 Å². The molecule has 3 amide bonds. The van der Waals surface area contributed by atoms with Crippen LogP contribution in [-0.2, 0) is 9.59 Å². The minimum absolute atomic E-state index is 0.117. The van der Waals surface area contributed by atoms with Crippen molar-refractivity contribution in [2.24, 2.45) is 0 Å². The first-order valence-corrected chi connectivity index (χ1v) is 11.2. The summed E-state index contributed by atoms with van der Waals surface area (Å²) in [7, 11) is 1.46. The minimum Gasteiger partial charge on any atom is -0.495 e. The second kappa shape index (κ2) is 9.98. The summed E-state index contributed by atoms with van der Waals surface area (Å²) in [5, 5.41) is 6.40. The van der Waals surface area contributed by atoms with Crippen LogP contribution in [-0.4, -0.2) is 29.5 Å². The molecular formula is C24H18BrClN4O4. The average molecular weight is 542 g/mol. The predicted molar refractivity (Wildman–Crippen MR) is 135 cm³/mol. The van der Waals surface area contributed by atoms with E-state index in [-0.39, 0.29) is 5.69 Å². The zero-order valence-electron chi connectivity index (χ0n) is 17.8. The monoisotopic (exact) mass is 540 g/mol. The number of nitrogens with one attached hydrogen (secondary N) is 3. The summed E-state index contributed by atoms with van der Waals surface area (Å²) in [4.78, 5) is 38.4. The van der Waals surface area contributed by atoms with Crippen LogP contribution in [0, 0.1) is 0 Å². The molecule has 1 aromatic heterocycles. The van der Waals surface area contributed by atoms with Gasteiger partial charge in [-0.15, -0.1) is 0 Å². The maximum atomic E-state index is 13.1. The Morgan fingerprint density at radius 3 is 2.47 bits per heavy atom. The Bertz CT molecular complexity index is 1420. The molecule has 0 bridgehead atoms. The van der Waals surface area contributed by atoms with Crippen molar-refractivity contribution in [3.63, 3.8) is 0 Å². The van der Waals surface area contributed by atoms with Gasteiger partial charge in [-0.3, -0.25) is 19.8 Å². The van der Waals surface area contributed by atoms with Crippen molar-refractivity contribution in [2.75, 3.05) is 23.2 Å². The lowest BCUT2D eigenvalue weighted by molar-refractivity contribution is -0.133. The summed E-state index contributed by atoms with van der Waals surface area (Å²) < 4.78 is 7.26. The summed E-state index contributed by atoms with van der Waals surface area (Å²) in [5.74, 6) is -1.99. The number of para-hydroxylation sites is 2. The number of amides is 3. The first-order chi connectivity index (χ1) is 16.4. The molecule has 1 heterocycles. The number of anilines is 2. The van der Waals surface area contributed by atoms with Crippen LogP contribution < -0.4 is 20.8 Å². The number of rotatable bonds is 5. The van der Waals surface area contributed by atoms with Crippen LogP contribution in [0.5, 0.6) is 5.75 Å². The molecule has 10 heteroatoms. The molecular weight excluding hydrogens is 524 g/mol. The van der Waals surface area contributed by atoms with E-state index in [2.05, 4.69) is 32.0 Å². The van der Waals surface area contributed by atoms with Gasteiger partial charge in [0.05, 0.1) is 18.3 Å². The molecule has 3 aromatic carbocycles. The molecule has 4 rings (SSSR count). The summed E-state index contributed by atoms with van der Waals surface area (Å²) in [6.45, 7) is 0. The number of nitrogens with zero attached hydrogens (tertiary/aromatic N) is 1. The van der Waals surface area contributed by atoms with E-state index in [4.69, 9.17) is 16.3 Å². The van der Waals surface area contributed by atoms with Gasteiger partial charge < -0.3 is 15.4 Å². The van der Waals surface area contributed by atoms with Gasteiger partial charge in [-0.2, -0.15) is 0 Å². The lowest BCUT2D eigenvalue weighted by atomic mass is 10.2. The number of aromatic nitrogens is 1. The molecule has 0 aliphatic rings. The van der Waals surface area contributed by atoms with E-state index in [9.17, 15) is 14.4 Å². The number of hydrogen-bond donors (Lipinski definition) is 3. The van der Waals surface area contributed by atoms with Crippen LogP contribution in [0.15, 0.2) is 77.3 Å². The van der Waals surface area contributed by atoms with Gasteiger partial charge in [-0.05, 0) is 54.6 Å². The fraction of sp³-hybridized carbons (Fsp3) is 0.0417. The first kappa shape index (κ1) is 23.3. The number of fused-ring (bicyclic) bond motifs is 1. The van der Waals surface area contributed by atoms with Gasteiger partial charge >= 0.3 is 11.8 Å². The number of hydrogen-bond acceptors (Lipinski definition) is 4. The predicted octanol–water partition coefficient (Wildman–Crippen LogP) is 5.03. The van der Waals surface area contributed by atoms with E-state index in [1.165, 1.54) is 11.8 Å². The Morgan fingerprint density at radius 2 is 1.71 bits per heavy atom. The third-order valence-corrected chi connectivity index (χ3v) is 5.58. The number of carbonyl (C=O) groups is 3.